The molecule has 1 aromatic carbocycles. The van der Waals surface area contributed by atoms with Gasteiger partial charge in [0.15, 0.2) is 0 Å². The second-order valence-electron chi connectivity index (χ2n) is 9.68. The van der Waals surface area contributed by atoms with E-state index in [4.69, 9.17) is 4.74 Å². The van der Waals surface area contributed by atoms with Gasteiger partial charge in [-0.15, -0.1) is 0 Å². The van der Waals surface area contributed by atoms with E-state index in [1.807, 2.05) is 30.9 Å². The topological polar surface area (TPSA) is 106 Å². The number of nitrogens with zero attached hydrogens (tertiary/aromatic N) is 3. The Morgan fingerprint density at radius 2 is 1.94 bits per heavy atom. The molecule has 188 valence electrons. The lowest BCUT2D eigenvalue weighted by Crippen LogP contribution is -2.42. The molecule has 0 aliphatic carbocycles. The number of benzene rings is 1. The molecule has 2 aromatic rings. The molecule has 2 atom stereocenters. The third-order valence-corrected chi connectivity index (χ3v) is 7.06. The number of aromatic nitrogens is 2. The molecule has 0 radical (unpaired) electrons. The molecular formula is C26H35N5O4. The van der Waals surface area contributed by atoms with Gasteiger partial charge in [0.2, 0.25) is 17.7 Å². The molecule has 9 heteroatoms. The van der Waals surface area contributed by atoms with E-state index in [9.17, 15) is 14.4 Å². The first kappa shape index (κ1) is 24.8. The second-order valence-corrected chi connectivity index (χ2v) is 9.68. The molecule has 2 aliphatic heterocycles. The van der Waals surface area contributed by atoms with Gasteiger partial charge in [-0.05, 0) is 67.9 Å². The third kappa shape index (κ3) is 6.21. The third-order valence-electron chi connectivity index (χ3n) is 7.06. The SMILES string of the molecule is Cc1cc2cc(c1C)CNC(=O)C(c1cnn(C)c1)NC(=O)CCC(=O)N1CCCC(CCO2)C1. The Balaban J connectivity index is 1.59. The predicted molar refractivity (Wildman–Crippen MR) is 131 cm³/mol. The Labute approximate surface area is 206 Å². The van der Waals surface area contributed by atoms with Crippen molar-refractivity contribution in [2.75, 3.05) is 19.7 Å². The van der Waals surface area contributed by atoms with Crippen molar-refractivity contribution in [3.05, 3.63) is 46.8 Å². The summed E-state index contributed by atoms with van der Waals surface area (Å²) in [6, 6.07) is 3.10. The largest absolute Gasteiger partial charge is 0.494 e. The second kappa shape index (κ2) is 10.9. The number of hydrogen-bond acceptors (Lipinski definition) is 5. The van der Waals surface area contributed by atoms with Crippen molar-refractivity contribution in [3.8, 4) is 5.75 Å². The number of hydrogen-bond donors (Lipinski definition) is 2. The van der Waals surface area contributed by atoms with Crippen molar-refractivity contribution in [1.29, 1.82) is 0 Å². The highest BCUT2D eigenvalue weighted by atomic mass is 16.5. The van der Waals surface area contributed by atoms with E-state index in [0.717, 1.165) is 48.2 Å². The highest BCUT2D eigenvalue weighted by molar-refractivity contribution is 5.90. The van der Waals surface area contributed by atoms with Crippen molar-refractivity contribution in [3.63, 3.8) is 0 Å². The van der Waals surface area contributed by atoms with Crippen LogP contribution >= 0.6 is 0 Å². The van der Waals surface area contributed by atoms with E-state index >= 15 is 0 Å². The summed E-state index contributed by atoms with van der Waals surface area (Å²) in [5.74, 6) is 0.480. The number of rotatable bonds is 1. The molecular weight excluding hydrogens is 446 g/mol. The van der Waals surface area contributed by atoms with Crippen molar-refractivity contribution < 1.29 is 19.1 Å². The lowest BCUT2D eigenvalue weighted by atomic mass is 9.95. The molecule has 1 aromatic heterocycles. The Kier molecular flexibility index (Phi) is 7.73. The zero-order valence-corrected chi connectivity index (χ0v) is 20.8. The number of carbonyl (C=O) groups is 3. The number of aryl methyl sites for hydroxylation is 2. The maximum Gasteiger partial charge on any atom is 0.247 e. The fourth-order valence-electron chi connectivity index (χ4n) is 4.82. The molecule has 9 nitrogen and oxygen atoms in total. The lowest BCUT2D eigenvalue weighted by molar-refractivity contribution is -0.135. The molecule has 0 saturated carbocycles. The van der Waals surface area contributed by atoms with Crippen LogP contribution in [0, 0.1) is 19.8 Å². The summed E-state index contributed by atoms with van der Waals surface area (Å²) in [5.41, 5.74) is 3.74. The molecule has 2 unspecified atom stereocenters. The van der Waals surface area contributed by atoms with Gasteiger partial charge in [-0.25, -0.2) is 0 Å². The number of carbonyl (C=O) groups excluding carboxylic acids is 3. The standard InChI is InChI=1S/C26H35N5O4/c1-17-11-22-12-20(18(17)2)13-27-26(34)25(21-14-28-30(3)16-21)29-23(32)6-7-24(33)31-9-4-5-19(15-31)8-10-35-22/h11-12,14,16,19,25H,4-10,13,15H2,1-3H3,(H,27,34)(H,29,32). The minimum atomic E-state index is -0.898. The summed E-state index contributed by atoms with van der Waals surface area (Å²) in [4.78, 5) is 40.6. The molecule has 0 spiro atoms. The van der Waals surface area contributed by atoms with Gasteiger partial charge in [0.05, 0.1) is 12.8 Å². The summed E-state index contributed by atoms with van der Waals surface area (Å²) in [7, 11) is 1.76. The van der Waals surface area contributed by atoms with Gasteiger partial charge in [-0.1, -0.05) is 0 Å². The van der Waals surface area contributed by atoms with Crippen LogP contribution in [0.1, 0.15) is 60.4 Å². The Morgan fingerprint density at radius 3 is 2.71 bits per heavy atom. The summed E-state index contributed by atoms with van der Waals surface area (Å²) in [6.07, 6.45) is 6.34. The van der Waals surface area contributed by atoms with Crippen molar-refractivity contribution in [1.82, 2.24) is 25.3 Å². The first-order valence-corrected chi connectivity index (χ1v) is 12.4. The zero-order chi connectivity index (χ0) is 24.9. The molecule has 3 amide bonds. The molecule has 2 aliphatic rings. The minimum absolute atomic E-state index is 0.0203. The van der Waals surface area contributed by atoms with Crippen molar-refractivity contribution in [2.45, 2.75) is 58.5 Å². The van der Waals surface area contributed by atoms with Gasteiger partial charge in [-0.3, -0.25) is 19.1 Å². The first-order chi connectivity index (χ1) is 16.8. The van der Waals surface area contributed by atoms with Crippen LogP contribution in [0.3, 0.4) is 0 Å². The van der Waals surface area contributed by atoms with Gasteiger partial charge in [0, 0.05) is 51.3 Å². The molecule has 4 bridgehead atoms. The van der Waals surface area contributed by atoms with Crippen LogP contribution in [-0.2, 0) is 28.0 Å². The van der Waals surface area contributed by atoms with Crippen LogP contribution in [0.15, 0.2) is 24.5 Å². The van der Waals surface area contributed by atoms with E-state index in [1.54, 1.807) is 24.1 Å². The number of amides is 3. The maximum absolute atomic E-state index is 13.2. The highest BCUT2D eigenvalue weighted by Crippen LogP contribution is 2.25. The maximum atomic E-state index is 13.2. The van der Waals surface area contributed by atoms with E-state index in [0.29, 0.717) is 31.2 Å². The average molecular weight is 482 g/mol. The van der Waals surface area contributed by atoms with Crippen LogP contribution in [0.4, 0.5) is 0 Å². The highest BCUT2D eigenvalue weighted by Gasteiger charge is 2.27. The Bertz CT molecular complexity index is 1100. The van der Waals surface area contributed by atoms with E-state index in [1.165, 1.54) is 0 Å². The number of ether oxygens (including phenoxy) is 1. The van der Waals surface area contributed by atoms with Gasteiger partial charge in [0.1, 0.15) is 11.8 Å². The van der Waals surface area contributed by atoms with Crippen LogP contribution in [0.5, 0.6) is 5.75 Å². The zero-order valence-electron chi connectivity index (χ0n) is 20.8. The van der Waals surface area contributed by atoms with Crippen LogP contribution in [-0.4, -0.2) is 52.1 Å². The summed E-state index contributed by atoms with van der Waals surface area (Å²) in [6.45, 7) is 6.36. The van der Waals surface area contributed by atoms with Crippen LogP contribution in [0.2, 0.25) is 0 Å². The van der Waals surface area contributed by atoms with E-state index < -0.39 is 6.04 Å². The Morgan fingerprint density at radius 1 is 1.11 bits per heavy atom. The first-order valence-electron chi connectivity index (χ1n) is 12.4. The molecule has 35 heavy (non-hydrogen) atoms. The van der Waals surface area contributed by atoms with Gasteiger partial charge in [-0.2, -0.15) is 5.10 Å². The van der Waals surface area contributed by atoms with Crippen LogP contribution in [0.25, 0.3) is 0 Å². The summed E-state index contributed by atoms with van der Waals surface area (Å²) < 4.78 is 7.68. The fraction of sp³-hybridized carbons (Fsp3) is 0.538. The van der Waals surface area contributed by atoms with Crippen molar-refractivity contribution in [2.24, 2.45) is 13.0 Å². The molecule has 2 N–H and O–H groups in total. The lowest BCUT2D eigenvalue weighted by Gasteiger charge is -2.33. The summed E-state index contributed by atoms with van der Waals surface area (Å²) >= 11 is 0. The van der Waals surface area contributed by atoms with E-state index in [-0.39, 0.29) is 30.6 Å². The predicted octanol–water partition coefficient (Wildman–Crippen LogP) is 2.31. The number of nitrogens with one attached hydrogen (secondary N) is 2. The normalized spacial score (nSPS) is 22.5. The molecule has 3 heterocycles. The number of fused-ring (bicyclic) bond motifs is 4. The molecule has 4 rings (SSSR count). The smallest absolute Gasteiger partial charge is 0.247 e. The van der Waals surface area contributed by atoms with Crippen LogP contribution < -0.4 is 15.4 Å². The average Bonchev–Trinajstić information content (AvgIpc) is 3.27. The van der Waals surface area contributed by atoms with Gasteiger partial charge < -0.3 is 20.3 Å². The molecule has 1 saturated heterocycles. The quantitative estimate of drug-likeness (QED) is 0.650. The summed E-state index contributed by atoms with van der Waals surface area (Å²) in [5, 5.41) is 9.92. The van der Waals surface area contributed by atoms with Gasteiger partial charge >= 0.3 is 0 Å². The fourth-order valence-corrected chi connectivity index (χ4v) is 4.82. The number of piperidine rings is 1. The van der Waals surface area contributed by atoms with E-state index in [2.05, 4.69) is 15.7 Å². The van der Waals surface area contributed by atoms with Gasteiger partial charge in [0.25, 0.3) is 0 Å². The van der Waals surface area contributed by atoms with Crippen molar-refractivity contribution >= 4 is 17.7 Å². The molecule has 1 fully saturated rings. The Hall–Kier alpha value is -3.36. The minimum Gasteiger partial charge on any atom is -0.494 e. The monoisotopic (exact) mass is 481 g/mol.